The van der Waals surface area contributed by atoms with E-state index in [0.717, 1.165) is 18.6 Å². The molecule has 1 N–H and O–H groups in total. The first-order valence-electron chi connectivity index (χ1n) is 4.73. The Labute approximate surface area is 83.9 Å². The number of rotatable bonds is 5. The number of carbonyl (C=O) groups excluding carboxylic acids is 1. The van der Waals surface area contributed by atoms with E-state index in [9.17, 15) is 4.79 Å². The number of carbonyl (C=O) groups is 1. The molecular formula is C11H14NO2. The van der Waals surface area contributed by atoms with E-state index < -0.39 is 5.91 Å². The Morgan fingerprint density at radius 3 is 2.50 bits per heavy atom. The average Bonchev–Trinajstić information content (AvgIpc) is 2.19. The molecule has 1 aromatic carbocycles. The number of unbranched alkanes of at least 4 members (excludes halogenated alkanes) is 1. The van der Waals surface area contributed by atoms with E-state index >= 15 is 0 Å². The first-order chi connectivity index (χ1) is 6.74. The van der Waals surface area contributed by atoms with Gasteiger partial charge in [0.2, 0.25) is 0 Å². The van der Waals surface area contributed by atoms with E-state index in [1.54, 1.807) is 24.3 Å². The van der Waals surface area contributed by atoms with Gasteiger partial charge < -0.3 is 4.74 Å². The molecule has 0 heterocycles. The predicted molar refractivity (Wildman–Crippen MR) is 54.3 cm³/mol. The summed E-state index contributed by atoms with van der Waals surface area (Å²) in [6, 6.07) is 6.65. The predicted octanol–water partition coefficient (Wildman–Crippen LogP) is 2.29. The molecule has 75 valence electrons. The Morgan fingerprint density at radius 1 is 1.36 bits per heavy atom. The Kier molecular flexibility index (Phi) is 3.98. The molecule has 0 saturated heterocycles. The standard InChI is InChI=1S/C11H14NO2/c1-2-3-8-14-10-6-4-9(5-7-10)11(12)13/h4-7,12H,2-3,8H2,1H3. The van der Waals surface area contributed by atoms with E-state index in [1.807, 2.05) is 0 Å². The molecular weight excluding hydrogens is 178 g/mol. The minimum atomic E-state index is -0.662. The van der Waals surface area contributed by atoms with E-state index in [1.165, 1.54) is 0 Å². The summed E-state index contributed by atoms with van der Waals surface area (Å²) in [6.07, 6.45) is 2.13. The normalized spacial score (nSPS) is 9.79. The third-order valence-electron chi connectivity index (χ3n) is 1.88. The number of ether oxygens (including phenoxy) is 1. The molecule has 1 radical (unpaired) electrons. The lowest BCUT2D eigenvalue weighted by Crippen LogP contribution is -1.99. The summed E-state index contributed by atoms with van der Waals surface area (Å²) in [5, 5.41) is 0. The van der Waals surface area contributed by atoms with E-state index in [-0.39, 0.29) is 0 Å². The van der Waals surface area contributed by atoms with Crippen molar-refractivity contribution in [2.45, 2.75) is 19.8 Å². The molecule has 0 aliphatic rings. The topological polar surface area (TPSA) is 50.1 Å². The zero-order valence-corrected chi connectivity index (χ0v) is 8.25. The van der Waals surface area contributed by atoms with E-state index in [0.29, 0.717) is 12.2 Å². The van der Waals surface area contributed by atoms with Gasteiger partial charge in [0, 0.05) is 5.56 Å². The molecule has 0 saturated carbocycles. The van der Waals surface area contributed by atoms with Crippen molar-refractivity contribution in [2.75, 3.05) is 6.61 Å². The second-order valence-electron chi connectivity index (χ2n) is 3.06. The molecule has 14 heavy (non-hydrogen) atoms. The second kappa shape index (κ2) is 5.27. The molecule has 0 unspecified atom stereocenters. The smallest absolute Gasteiger partial charge is 0.269 e. The first-order valence-corrected chi connectivity index (χ1v) is 4.73. The van der Waals surface area contributed by atoms with Gasteiger partial charge in [-0.05, 0) is 30.7 Å². The monoisotopic (exact) mass is 192 g/mol. The van der Waals surface area contributed by atoms with Crippen LogP contribution in [0.5, 0.6) is 5.75 Å². The van der Waals surface area contributed by atoms with Crippen LogP contribution in [-0.4, -0.2) is 12.5 Å². The maximum absolute atomic E-state index is 10.6. The lowest BCUT2D eigenvalue weighted by atomic mass is 10.2. The third kappa shape index (κ3) is 3.09. The zero-order chi connectivity index (χ0) is 10.4. The molecule has 0 spiro atoms. The summed E-state index contributed by atoms with van der Waals surface area (Å²) in [5.74, 6) is 0.0913. The van der Waals surface area contributed by atoms with Crippen LogP contribution in [-0.2, 0) is 0 Å². The molecule has 1 amide bonds. The molecule has 0 bridgehead atoms. The number of hydrogen-bond donors (Lipinski definition) is 0. The van der Waals surface area contributed by atoms with Gasteiger partial charge in [-0.3, -0.25) is 10.5 Å². The number of benzene rings is 1. The lowest BCUT2D eigenvalue weighted by Gasteiger charge is -2.04. The molecule has 0 fully saturated rings. The van der Waals surface area contributed by atoms with Gasteiger partial charge in [0.1, 0.15) is 5.75 Å². The maximum Gasteiger partial charge on any atom is 0.269 e. The van der Waals surface area contributed by atoms with Crippen molar-refractivity contribution in [1.29, 1.82) is 0 Å². The van der Waals surface area contributed by atoms with Crippen molar-refractivity contribution < 1.29 is 9.53 Å². The van der Waals surface area contributed by atoms with Crippen LogP contribution in [0.3, 0.4) is 0 Å². The summed E-state index contributed by atoms with van der Waals surface area (Å²) < 4.78 is 5.41. The fourth-order valence-electron chi connectivity index (χ4n) is 1.04. The molecule has 1 aromatic rings. The van der Waals surface area contributed by atoms with Gasteiger partial charge in [0.25, 0.3) is 5.91 Å². The largest absolute Gasteiger partial charge is 0.494 e. The molecule has 0 aliphatic carbocycles. The van der Waals surface area contributed by atoms with Crippen molar-refractivity contribution >= 4 is 5.91 Å². The Hall–Kier alpha value is -1.51. The SMILES string of the molecule is CCCCOc1ccc(C([NH])=O)cc1. The van der Waals surface area contributed by atoms with Crippen molar-refractivity contribution in [2.24, 2.45) is 0 Å². The van der Waals surface area contributed by atoms with Gasteiger partial charge in [0.05, 0.1) is 6.61 Å². The first kappa shape index (κ1) is 10.6. The van der Waals surface area contributed by atoms with Crippen molar-refractivity contribution in [1.82, 2.24) is 5.73 Å². The number of nitrogens with one attached hydrogen (secondary N) is 1. The highest BCUT2D eigenvalue weighted by Gasteiger charge is 2.00. The van der Waals surface area contributed by atoms with Gasteiger partial charge >= 0.3 is 0 Å². The van der Waals surface area contributed by atoms with Crippen LogP contribution in [0, 0.1) is 0 Å². The average molecular weight is 192 g/mol. The highest BCUT2D eigenvalue weighted by Crippen LogP contribution is 2.12. The zero-order valence-electron chi connectivity index (χ0n) is 8.25. The quantitative estimate of drug-likeness (QED) is 0.672. The molecule has 3 heteroatoms. The molecule has 0 atom stereocenters. The van der Waals surface area contributed by atoms with E-state index in [4.69, 9.17) is 10.5 Å². The fraction of sp³-hybridized carbons (Fsp3) is 0.364. The minimum absolute atomic E-state index is 0.396. The number of hydrogen-bond acceptors (Lipinski definition) is 2. The highest BCUT2D eigenvalue weighted by molar-refractivity contribution is 5.92. The maximum atomic E-state index is 10.6. The van der Waals surface area contributed by atoms with Crippen molar-refractivity contribution in [3.63, 3.8) is 0 Å². The van der Waals surface area contributed by atoms with Crippen LogP contribution >= 0.6 is 0 Å². The van der Waals surface area contributed by atoms with Crippen LogP contribution in [0.1, 0.15) is 30.1 Å². The third-order valence-corrected chi connectivity index (χ3v) is 1.88. The van der Waals surface area contributed by atoms with Crippen LogP contribution in [0.15, 0.2) is 24.3 Å². The summed E-state index contributed by atoms with van der Waals surface area (Å²) in [7, 11) is 0. The van der Waals surface area contributed by atoms with Gasteiger partial charge in [-0.15, -0.1) is 0 Å². The lowest BCUT2D eigenvalue weighted by molar-refractivity contribution is 0.0992. The fourth-order valence-corrected chi connectivity index (χ4v) is 1.04. The van der Waals surface area contributed by atoms with Gasteiger partial charge in [-0.2, -0.15) is 0 Å². The van der Waals surface area contributed by atoms with Crippen LogP contribution in [0.4, 0.5) is 0 Å². The van der Waals surface area contributed by atoms with Crippen molar-refractivity contribution in [3.8, 4) is 5.75 Å². The van der Waals surface area contributed by atoms with Gasteiger partial charge in [0.15, 0.2) is 0 Å². The second-order valence-corrected chi connectivity index (χ2v) is 3.06. The summed E-state index contributed by atoms with van der Waals surface area (Å²) in [6.45, 7) is 2.80. The van der Waals surface area contributed by atoms with Gasteiger partial charge in [-0.25, -0.2) is 0 Å². The Balaban J connectivity index is 2.51. The van der Waals surface area contributed by atoms with Gasteiger partial charge in [-0.1, -0.05) is 13.3 Å². The molecule has 3 nitrogen and oxygen atoms in total. The minimum Gasteiger partial charge on any atom is -0.494 e. The van der Waals surface area contributed by atoms with Crippen LogP contribution < -0.4 is 10.5 Å². The highest BCUT2D eigenvalue weighted by atomic mass is 16.5. The van der Waals surface area contributed by atoms with Crippen LogP contribution in [0.2, 0.25) is 0 Å². The Morgan fingerprint density at radius 2 is 2.00 bits per heavy atom. The molecule has 0 aliphatic heterocycles. The Bertz CT molecular complexity index is 293. The summed E-state index contributed by atoms with van der Waals surface area (Å²) in [4.78, 5) is 10.6. The van der Waals surface area contributed by atoms with E-state index in [2.05, 4.69) is 6.92 Å². The number of amides is 1. The van der Waals surface area contributed by atoms with Crippen molar-refractivity contribution in [3.05, 3.63) is 29.8 Å². The summed E-state index contributed by atoms with van der Waals surface area (Å²) >= 11 is 0. The molecule has 0 aromatic heterocycles. The molecule has 1 rings (SSSR count). The summed E-state index contributed by atoms with van der Waals surface area (Å²) in [5.41, 5.74) is 7.27. The van der Waals surface area contributed by atoms with Crippen LogP contribution in [0.25, 0.3) is 0 Å².